The Hall–Kier alpha value is -0.950. The van der Waals surface area contributed by atoms with E-state index in [1.165, 1.54) is 295 Å². The lowest BCUT2D eigenvalue weighted by atomic mass is 9.99. The monoisotopic (exact) mass is 990 g/mol. The third-order valence-corrected chi connectivity index (χ3v) is 15.5. The Morgan fingerprint density at radius 1 is 0.343 bits per heavy atom. The molecule has 418 valence electrons. The Bertz CT molecular complexity index is 1020. The summed E-state index contributed by atoms with van der Waals surface area (Å²) >= 11 is 0. The maximum atomic E-state index is 12.6. The quantitative estimate of drug-likeness (QED) is 0.0308. The summed E-state index contributed by atoms with van der Waals surface area (Å²) in [6.45, 7) is 4.10. The highest BCUT2D eigenvalue weighted by Crippen LogP contribution is 2.19. The molecule has 0 aromatic carbocycles. The van der Waals surface area contributed by atoms with E-state index < -0.39 is 36.9 Å². The summed E-state index contributed by atoms with van der Waals surface area (Å²) in [7, 11) is 0. The van der Waals surface area contributed by atoms with Crippen molar-refractivity contribution in [1.82, 2.24) is 5.32 Å². The molecule has 0 aliphatic heterocycles. The summed E-state index contributed by atoms with van der Waals surface area (Å²) in [6.07, 6.45) is 71.8. The molecule has 0 aromatic heterocycles. The van der Waals surface area contributed by atoms with Crippen LogP contribution in [0.15, 0.2) is 12.2 Å². The number of carbonyl (C=O) groups excluding carboxylic acids is 1. The zero-order chi connectivity index (χ0) is 50.9. The highest BCUT2D eigenvalue weighted by molar-refractivity contribution is 5.80. The van der Waals surface area contributed by atoms with E-state index in [-0.39, 0.29) is 0 Å². The number of allylic oxidation sites excluding steroid dienone is 2. The second-order valence-electron chi connectivity index (χ2n) is 22.5. The Kier molecular flexibility index (Phi) is 58.1. The van der Waals surface area contributed by atoms with E-state index in [9.17, 15) is 25.2 Å². The van der Waals surface area contributed by atoms with Crippen LogP contribution in [0.2, 0.25) is 0 Å². The highest BCUT2D eigenvalue weighted by atomic mass is 16.3. The van der Waals surface area contributed by atoms with Crippen LogP contribution in [0.1, 0.15) is 361 Å². The van der Waals surface area contributed by atoms with Gasteiger partial charge < -0.3 is 25.7 Å². The molecule has 0 aliphatic rings. The fraction of sp³-hybridized carbons (Fsp3) is 0.953. The van der Waals surface area contributed by atoms with E-state index in [1.54, 1.807) is 0 Å². The van der Waals surface area contributed by atoms with Gasteiger partial charge in [0.15, 0.2) is 0 Å². The van der Waals surface area contributed by atoms with Gasteiger partial charge >= 0.3 is 0 Å². The van der Waals surface area contributed by atoms with Crippen LogP contribution >= 0.6 is 0 Å². The molecule has 0 saturated heterocycles. The first-order valence-corrected chi connectivity index (χ1v) is 32.1. The van der Waals surface area contributed by atoms with E-state index in [0.717, 1.165) is 38.5 Å². The van der Waals surface area contributed by atoms with Crippen molar-refractivity contribution in [2.24, 2.45) is 0 Å². The van der Waals surface area contributed by atoms with E-state index >= 15 is 0 Å². The van der Waals surface area contributed by atoms with Crippen LogP contribution in [0.5, 0.6) is 0 Å². The summed E-state index contributed by atoms with van der Waals surface area (Å²) in [5, 5.41) is 44.0. The van der Waals surface area contributed by atoms with Crippen LogP contribution in [0.25, 0.3) is 0 Å². The van der Waals surface area contributed by atoms with Crippen molar-refractivity contribution < 1.29 is 25.2 Å². The average molecular weight is 991 g/mol. The third-order valence-electron chi connectivity index (χ3n) is 15.5. The van der Waals surface area contributed by atoms with E-state index in [0.29, 0.717) is 12.8 Å². The van der Waals surface area contributed by atoms with Gasteiger partial charge in [0.1, 0.15) is 12.2 Å². The molecule has 1 amide bonds. The van der Waals surface area contributed by atoms with Gasteiger partial charge in [-0.1, -0.05) is 334 Å². The molecule has 0 radical (unpaired) electrons. The van der Waals surface area contributed by atoms with E-state index in [2.05, 4.69) is 31.3 Å². The van der Waals surface area contributed by atoms with Crippen LogP contribution < -0.4 is 5.32 Å². The molecule has 0 spiro atoms. The number of amides is 1. The molecule has 0 heterocycles. The second kappa shape index (κ2) is 58.9. The largest absolute Gasteiger partial charge is 0.394 e. The molecule has 70 heavy (non-hydrogen) atoms. The van der Waals surface area contributed by atoms with Gasteiger partial charge in [0.2, 0.25) is 5.91 Å². The van der Waals surface area contributed by atoms with Crippen molar-refractivity contribution in [2.75, 3.05) is 6.61 Å². The molecular formula is C64H127NO5. The van der Waals surface area contributed by atoms with E-state index in [4.69, 9.17) is 0 Å². The standard InChI is InChI=1S/C64H127NO5/c1-3-5-7-9-11-13-15-17-19-21-22-23-24-25-26-27-28-29-30-31-32-33-34-35-36-37-38-39-40-41-42-44-46-48-50-52-54-56-58-62(68)64(70)65-60(59-66)63(69)61(67)57-55-53-51-49-47-45-43-20-18-16-14-12-10-8-6-4-2/h31-32,60-63,66-69H,3-30,33-59H2,1-2H3,(H,65,70)/b32-31-. The normalized spacial score (nSPS) is 13.6. The molecule has 4 unspecified atom stereocenters. The Labute approximate surface area is 438 Å². The SMILES string of the molecule is CCCCCCCCCCCCCCCCCCCC/C=C\CCCCCCCCCCCCCCCCCCC(O)C(=O)NC(CO)C(O)C(O)CCCCCCCCCCCCCCCCCC. The van der Waals surface area contributed by atoms with Crippen LogP contribution in [-0.4, -0.2) is 57.3 Å². The van der Waals surface area contributed by atoms with Crippen molar-refractivity contribution in [1.29, 1.82) is 0 Å². The lowest BCUT2D eigenvalue weighted by molar-refractivity contribution is -0.132. The van der Waals surface area contributed by atoms with Crippen molar-refractivity contribution >= 4 is 5.91 Å². The number of aliphatic hydroxyl groups excluding tert-OH is 4. The summed E-state index contributed by atoms with van der Waals surface area (Å²) in [6, 6.07) is -0.982. The minimum atomic E-state index is -1.26. The van der Waals surface area contributed by atoms with Crippen molar-refractivity contribution in [3.8, 4) is 0 Å². The first-order chi connectivity index (χ1) is 34.5. The van der Waals surface area contributed by atoms with Gasteiger partial charge in [-0.3, -0.25) is 4.79 Å². The molecule has 0 aliphatic carbocycles. The molecule has 6 heteroatoms. The number of hydrogen-bond acceptors (Lipinski definition) is 5. The van der Waals surface area contributed by atoms with Gasteiger partial charge in [0.05, 0.1) is 18.8 Å². The summed E-state index contributed by atoms with van der Waals surface area (Å²) in [4.78, 5) is 12.6. The predicted octanol–water partition coefficient (Wildman–Crippen LogP) is 19.2. The molecule has 6 nitrogen and oxygen atoms in total. The Balaban J connectivity index is 3.49. The van der Waals surface area contributed by atoms with Gasteiger partial charge in [0, 0.05) is 0 Å². The molecule has 0 bridgehead atoms. The number of unbranched alkanes of at least 4 members (excludes halogenated alkanes) is 49. The molecule has 4 atom stereocenters. The van der Waals surface area contributed by atoms with Crippen LogP contribution in [0, 0.1) is 0 Å². The zero-order valence-electron chi connectivity index (χ0n) is 47.6. The summed E-state index contributed by atoms with van der Waals surface area (Å²) in [5.74, 6) is -0.577. The average Bonchev–Trinajstić information content (AvgIpc) is 3.36. The number of hydrogen-bond donors (Lipinski definition) is 5. The van der Waals surface area contributed by atoms with Crippen LogP contribution in [-0.2, 0) is 4.79 Å². The van der Waals surface area contributed by atoms with Gasteiger partial charge in [-0.15, -0.1) is 0 Å². The van der Waals surface area contributed by atoms with Crippen molar-refractivity contribution in [3.05, 3.63) is 12.2 Å². The van der Waals surface area contributed by atoms with Gasteiger partial charge in [-0.05, 0) is 38.5 Å². The molecule has 0 fully saturated rings. The Morgan fingerprint density at radius 2 is 0.571 bits per heavy atom. The lowest BCUT2D eigenvalue weighted by Crippen LogP contribution is -2.53. The fourth-order valence-corrected chi connectivity index (χ4v) is 10.5. The number of carbonyl (C=O) groups is 1. The van der Waals surface area contributed by atoms with Gasteiger partial charge in [0.25, 0.3) is 0 Å². The molecule has 5 N–H and O–H groups in total. The number of aliphatic hydroxyl groups is 4. The zero-order valence-corrected chi connectivity index (χ0v) is 47.6. The predicted molar refractivity (Wildman–Crippen MR) is 307 cm³/mol. The first kappa shape index (κ1) is 69.0. The molecular weight excluding hydrogens is 863 g/mol. The van der Waals surface area contributed by atoms with Crippen LogP contribution in [0.3, 0.4) is 0 Å². The smallest absolute Gasteiger partial charge is 0.249 e. The maximum Gasteiger partial charge on any atom is 0.249 e. The number of rotatable bonds is 60. The van der Waals surface area contributed by atoms with E-state index in [1.807, 2.05) is 0 Å². The minimum absolute atomic E-state index is 0.374. The molecule has 0 aromatic rings. The topological polar surface area (TPSA) is 110 Å². The summed E-state index contributed by atoms with van der Waals surface area (Å²) < 4.78 is 0. The van der Waals surface area contributed by atoms with Crippen molar-refractivity contribution in [2.45, 2.75) is 385 Å². The van der Waals surface area contributed by atoms with Crippen LogP contribution in [0.4, 0.5) is 0 Å². The Morgan fingerprint density at radius 3 is 0.829 bits per heavy atom. The van der Waals surface area contributed by atoms with Crippen molar-refractivity contribution in [3.63, 3.8) is 0 Å². The second-order valence-corrected chi connectivity index (χ2v) is 22.5. The summed E-state index contributed by atoms with van der Waals surface area (Å²) in [5.41, 5.74) is 0. The van der Waals surface area contributed by atoms with Gasteiger partial charge in [-0.2, -0.15) is 0 Å². The first-order valence-electron chi connectivity index (χ1n) is 32.1. The third kappa shape index (κ3) is 51.9. The fourth-order valence-electron chi connectivity index (χ4n) is 10.5. The molecule has 0 rings (SSSR count). The lowest BCUT2D eigenvalue weighted by Gasteiger charge is -2.27. The van der Waals surface area contributed by atoms with Gasteiger partial charge in [-0.25, -0.2) is 0 Å². The molecule has 0 saturated carbocycles. The minimum Gasteiger partial charge on any atom is -0.394 e. The maximum absolute atomic E-state index is 12.6. The number of nitrogens with one attached hydrogen (secondary N) is 1. The highest BCUT2D eigenvalue weighted by Gasteiger charge is 2.28.